The number of carboxylic acids is 1. The van der Waals surface area contributed by atoms with Crippen LogP contribution in [-0.2, 0) is 4.79 Å². The van der Waals surface area contributed by atoms with E-state index in [0.717, 1.165) is 0 Å². The lowest BCUT2D eigenvalue weighted by atomic mass is 9.99. The Balaban J connectivity index is 3.15. The smallest absolute Gasteiger partial charge is 0.338 e. The molecule has 2 unspecified atom stereocenters. The average Bonchev–Trinajstić information content (AvgIpc) is 2.26. The Morgan fingerprint density at radius 3 is 2.26 bits per heavy atom. The molecule has 2 atom stereocenters. The van der Waals surface area contributed by atoms with Crippen LogP contribution in [0.25, 0.3) is 0 Å². The van der Waals surface area contributed by atoms with Gasteiger partial charge in [0.15, 0.2) is 0 Å². The third-order valence-electron chi connectivity index (χ3n) is 2.41. The van der Waals surface area contributed by atoms with Crippen molar-refractivity contribution < 1.29 is 33.7 Å². The van der Waals surface area contributed by atoms with E-state index in [9.17, 15) is 28.6 Å². The molecule has 0 aliphatic rings. The van der Waals surface area contributed by atoms with Gasteiger partial charge in [-0.3, -0.25) is 4.79 Å². The minimum Gasteiger partial charge on any atom is -0.478 e. The van der Waals surface area contributed by atoms with Crippen LogP contribution in [0.3, 0.4) is 0 Å². The van der Waals surface area contributed by atoms with Gasteiger partial charge in [-0.25, -0.2) is 13.6 Å². The van der Waals surface area contributed by atoms with E-state index < -0.39 is 53.3 Å². The second-order valence-corrected chi connectivity index (χ2v) is 3.84. The Labute approximate surface area is 106 Å². The van der Waals surface area contributed by atoms with Crippen LogP contribution in [-0.4, -0.2) is 33.3 Å². The van der Waals surface area contributed by atoms with Crippen LogP contribution < -0.4 is 5.73 Å². The quantitative estimate of drug-likeness (QED) is 0.599. The highest BCUT2D eigenvalue weighted by atomic mass is 19.1. The first-order chi connectivity index (χ1) is 8.73. The topological polar surface area (TPSA) is 121 Å². The molecule has 104 valence electrons. The van der Waals surface area contributed by atoms with Gasteiger partial charge < -0.3 is 21.1 Å². The van der Waals surface area contributed by atoms with E-state index >= 15 is 0 Å². The predicted octanol–water partition coefficient (Wildman–Crippen LogP) is -0.0673. The van der Waals surface area contributed by atoms with Crippen LogP contribution in [0.5, 0.6) is 0 Å². The van der Waals surface area contributed by atoms with Crippen molar-refractivity contribution in [3.05, 3.63) is 34.9 Å². The molecule has 0 fully saturated rings. The molecule has 1 amide bonds. The lowest BCUT2D eigenvalue weighted by Gasteiger charge is -2.18. The number of hydrogen-bond acceptors (Lipinski definition) is 4. The number of aliphatic hydroxyl groups excluding tert-OH is 2. The van der Waals surface area contributed by atoms with Gasteiger partial charge in [0.25, 0.3) is 0 Å². The summed E-state index contributed by atoms with van der Waals surface area (Å²) in [5, 5.41) is 27.7. The molecule has 0 spiro atoms. The molecule has 1 aromatic rings. The van der Waals surface area contributed by atoms with Crippen LogP contribution in [0, 0.1) is 11.6 Å². The third kappa shape index (κ3) is 3.46. The largest absolute Gasteiger partial charge is 0.478 e. The molecule has 1 rings (SSSR count). The second-order valence-electron chi connectivity index (χ2n) is 3.84. The van der Waals surface area contributed by atoms with Crippen molar-refractivity contribution in [2.75, 3.05) is 0 Å². The summed E-state index contributed by atoms with van der Waals surface area (Å²) in [4.78, 5) is 21.2. The zero-order chi connectivity index (χ0) is 14.7. The highest BCUT2D eigenvalue weighted by Crippen LogP contribution is 2.24. The van der Waals surface area contributed by atoms with Gasteiger partial charge in [0.1, 0.15) is 17.7 Å². The number of primary amides is 1. The Bertz CT molecular complexity index is 520. The maximum Gasteiger partial charge on any atom is 0.338 e. The van der Waals surface area contributed by atoms with Crippen molar-refractivity contribution in [1.29, 1.82) is 0 Å². The Morgan fingerprint density at radius 2 is 1.79 bits per heavy atom. The van der Waals surface area contributed by atoms with Crippen molar-refractivity contribution in [3.8, 4) is 0 Å². The lowest BCUT2D eigenvalue weighted by Crippen LogP contribution is -2.26. The summed E-state index contributed by atoms with van der Waals surface area (Å²) in [6.07, 6.45) is -4.27. The molecule has 19 heavy (non-hydrogen) atoms. The number of halogens is 2. The maximum atomic E-state index is 13.4. The standard InChI is InChI=1S/C11H11F2NO5/c12-6-2-7(13)5(11(18)19)1-4(6)10(17)8(15)3-9(14)16/h1-2,8,10,15,17H,3H2,(H2,14,16)(H,18,19). The summed E-state index contributed by atoms with van der Waals surface area (Å²) < 4.78 is 26.5. The maximum absolute atomic E-state index is 13.4. The van der Waals surface area contributed by atoms with Crippen molar-refractivity contribution >= 4 is 11.9 Å². The van der Waals surface area contributed by atoms with Gasteiger partial charge in [-0.2, -0.15) is 0 Å². The number of hydrogen-bond donors (Lipinski definition) is 4. The molecule has 0 radical (unpaired) electrons. The first-order valence-electron chi connectivity index (χ1n) is 5.10. The molecule has 0 aromatic heterocycles. The van der Waals surface area contributed by atoms with Crippen LogP contribution in [0.15, 0.2) is 12.1 Å². The molecule has 1 aromatic carbocycles. The van der Waals surface area contributed by atoms with Crippen molar-refractivity contribution in [3.63, 3.8) is 0 Å². The van der Waals surface area contributed by atoms with Crippen molar-refractivity contribution in [2.45, 2.75) is 18.6 Å². The van der Waals surface area contributed by atoms with Gasteiger partial charge in [-0.15, -0.1) is 0 Å². The van der Waals surface area contributed by atoms with Crippen LogP contribution in [0.1, 0.15) is 28.4 Å². The zero-order valence-corrected chi connectivity index (χ0v) is 9.51. The number of carbonyl (C=O) groups excluding carboxylic acids is 1. The summed E-state index contributed by atoms with van der Waals surface area (Å²) in [6, 6.07) is 0.834. The van der Waals surface area contributed by atoms with E-state index in [1.165, 1.54) is 0 Å². The third-order valence-corrected chi connectivity index (χ3v) is 2.41. The number of benzene rings is 1. The Hall–Kier alpha value is -2.06. The number of nitrogens with two attached hydrogens (primary N) is 1. The van der Waals surface area contributed by atoms with Crippen LogP contribution in [0.2, 0.25) is 0 Å². The minimum absolute atomic E-state index is 0.277. The zero-order valence-electron chi connectivity index (χ0n) is 9.51. The number of carbonyl (C=O) groups is 2. The van der Waals surface area contributed by atoms with Gasteiger partial charge in [-0.1, -0.05) is 0 Å². The number of aliphatic hydroxyl groups is 2. The minimum atomic E-state index is -1.90. The van der Waals surface area contributed by atoms with E-state index in [-0.39, 0.29) is 6.07 Å². The normalized spacial score (nSPS) is 13.9. The molecule has 6 nitrogen and oxygen atoms in total. The molecule has 0 saturated heterocycles. The molecule has 8 heteroatoms. The van der Waals surface area contributed by atoms with Crippen molar-refractivity contribution in [1.82, 2.24) is 0 Å². The molecule has 0 aliphatic carbocycles. The summed E-state index contributed by atoms with van der Waals surface area (Å²) in [5.41, 5.74) is 3.30. The van der Waals surface area contributed by atoms with Gasteiger partial charge >= 0.3 is 5.97 Å². The monoisotopic (exact) mass is 275 g/mol. The average molecular weight is 275 g/mol. The fraction of sp³-hybridized carbons (Fsp3) is 0.273. The summed E-state index contributed by atoms with van der Waals surface area (Å²) in [7, 11) is 0. The van der Waals surface area contributed by atoms with Gasteiger partial charge in [0.2, 0.25) is 5.91 Å². The highest BCUT2D eigenvalue weighted by molar-refractivity contribution is 5.88. The van der Waals surface area contributed by atoms with E-state index in [2.05, 4.69) is 0 Å². The molecular formula is C11H11F2NO5. The second kappa shape index (κ2) is 5.72. The van der Waals surface area contributed by atoms with Gasteiger partial charge in [0, 0.05) is 11.6 Å². The molecule has 0 aliphatic heterocycles. The first kappa shape index (κ1) is 15.0. The summed E-state index contributed by atoms with van der Waals surface area (Å²) in [6.45, 7) is 0. The van der Waals surface area contributed by atoms with Crippen LogP contribution in [0.4, 0.5) is 8.78 Å². The van der Waals surface area contributed by atoms with E-state index in [4.69, 9.17) is 10.8 Å². The summed E-state index contributed by atoms with van der Waals surface area (Å²) in [5.74, 6) is -5.15. The van der Waals surface area contributed by atoms with E-state index in [0.29, 0.717) is 6.07 Å². The molecule has 0 bridgehead atoms. The van der Waals surface area contributed by atoms with E-state index in [1.807, 2.05) is 0 Å². The number of carboxylic acid groups (broad SMARTS) is 1. The van der Waals surface area contributed by atoms with Crippen molar-refractivity contribution in [2.24, 2.45) is 5.73 Å². The molecule has 0 saturated carbocycles. The van der Waals surface area contributed by atoms with Gasteiger partial charge in [0.05, 0.1) is 18.1 Å². The molecular weight excluding hydrogens is 264 g/mol. The SMILES string of the molecule is NC(=O)CC(O)C(O)c1cc(C(=O)O)c(F)cc1F. The summed E-state index contributed by atoms with van der Waals surface area (Å²) >= 11 is 0. The van der Waals surface area contributed by atoms with Gasteiger partial charge in [-0.05, 0) is 6.07 Å². The number of aromatic carboxylic acids is 1. The Morgan fingerprint density at radius 1 is 1.21 bits per heavy atom. The van der Waals surface area contributed by atoms with Crippen LogP contribution >= 0.6 is 0 Å². The first-order valence-corrected chi connectivity index (χ1v) is 5.10. The lowest BCUT2D eigenvalue weighted by molar-refractivity contribution is -0.121. The molecule has 5 N–H and O–H groups in total. The number of rotatable bonds is 5. The Kier molecular flexibility index (Phi) is 4.52. The number of amides is 1. The fourth-order valence-corrected chi connectivity index (χ4v) is 1.48. The highest BCUT2D eigenvalue weighted by Gasteiger charge is 2.26. The fourth-order valence-electron chi connectivity index (χ4n) is 1.48. The van der Waals surface area contributed by atoms with E-state index in [1.54, 1.807) is 0 Å². The predicted molar refractivity (Wildman–Crippen MR) is 58.1 cm³/mol. The molecule has 0 heterocycles.